The van der Waals surface area contributed by atoms with Crippen molar-refractivity contribution in [1.29, 1.82) is 0 Å². The summed E-state index contributed by atoms with van der Waals surface area (Å²) in [6.07, 6.45) is 5.60. The lowest BCUT2D eigenvalue weighted by atomic mass is 10.0. The van der Waals surface area contributed by atoms with Gasteiger partial charge < -0.3 is 10.1 Å². The topological polar surface area (TPSA) is 90.2 Å². The summed E-state index contributed by atoms with van der Waals surface area (Å²) in [6.45, 7) is 7.09. The van der Waals surface area contributed by atoms with E-state index in [2.05, 4.69) is 29.1 Å². The van der Waals surface area contributed by atoms with Crippen LogP contribution in [-0.2, 0) is 0 Å². The Morgan fingerprint density at radius 1 is 1.38 bits per heavy atom. The number of aromatic nitrogens is 2. The lowest BCUT2D eigenvalue weighted by Gasteiger charge is -2.15. The molecular weight excluding hydrogens is 272 g/mol. The molecule has 0 radical (unpaired) electrons. The molecule has 1 heterocycles. The number of unbranched alkanes of at least 4 members (excludes halogenated alkanes) is 1. The molecule has 0 aliphatic rings. The monoisotopic (exact) mass is 296 g/mol. The van der Waals surface area contributed by atoms with E-state index in [-0.39, 0.29) is 17.4 Å². The molecule has 118 valence electrons. The van der Waals surface area contributed by atoms with Crippen molar-refractivity contribution in [3.05, 3.63) is 16.4 Å². The summed E-state index contributed by atoms with van der Waals surface area (Å²) in [5, 5.41) is 14.1. The zero-order chi connectivity index (χ0) is 15.7. The predicted octanol–water partition coefficient (Wildman–Crippen LogP) is 3.41. The first-order valence-corrected chi connectivity index (χ1v) is 7.49. The lowest BCUT2D eigenvalue weighted by molar-refractivity contribution is -0.385. The Kier molecular flexibility index (Phi) is 7.42. The smallest absolute Gasteiger partial charge is 0.372 e. The van der Waals surface area contributed by atoms with Crippen LogP contribution in [0.4, 0.5) is 11.5 Å². The van der Waals surface area contributed by atoms with Gasteiger partial charge in [-0.15, -0.1) is 0 Å². The second-order valence-corrected chi connectivity index (χ2v) is 4.89. The number of anilines is 1. The van der Waals surface area contributed by atoms with Crippen molar-refractivity contribution >= 4 is 11.5 Å². The summed E-state index contributed by atoms with van der Waals surface area (Å²) in [6, 6.07) is 0. The molecule has 1 rings (SSSR count). The second-order valence-electron chi connectivity index (χ2n) is 4.89. The van der Waals surface area contributed by atoms with Crippen LogP contribution in [0.25, 0.3) is 0 Å². The van der Waals surface area contributed by atoms with Crippen molar-refractivity contribution in [2.24, 2.45) is 5.92 Å². The Hall–Kier alpha value is -1.92. The summed E-state index contributed by atoms with van der Waals surface area (Å²) in [4.78, 5) is 18.5. The number of hydrogen-bond donors (Lipinski definition) is 1. The minimum Gasteiger partial charge on any atom is -0.472 e. The molecular formula is C14H24N4O3. The van der Waals surface area contributed by atoms with Crippen LogP contribution in [-0.4, -0.2) is 28.0 Å². The van der Waals surface area contributed by atoms with Gasteiger partial charge in [-0.3, -0.25) is 10.1 Å². The molecule has 0 bridgehead atoms. The van der Waals surface area contributed by atoms with Crippen molar-refractivity contribution in [2.45, 2.75) is 46.5 Å². The van der Waals surface area contributed by atoms with Crippen molar-refractivity contribution in [1.82, 2.24) is 9.97 Å². The molecule has 0 fully saturated rings. The van der Waals surface area contributed by atoms with Crippen LogP contribution in [0.15, 0.2) is 6.33 Å². The molecule has 0 spiro atoms. The van der Waals surface area contributed by atoms with Gasteiger partial charge in [-0.1, -0.05) is 33.1 Å². The lowest BCUT2D eigenvalue weighted by Crippen LogP contribution is -2.14. The molecule has 7 heteroatoms. The third-order valence-electron chi connectivity index (χ3n) is 3.31. The van der Waals surface area contributed by atoms with E-state index in [1.807, 2.05) is 6.92 Å². The first-order chi connectivity index (χ1) is 10.1. The molecule has 1 atom stereocenters. The molecule has 1 unspecified atom stereocenters. The van der Waals surface area contributed by atoms with Gasteiger partial charge in [0, 0.05) is 6.54 Å². The van der Waals surface area contributed by atoms with E-state index in [9.17, 15) is 10.1 Å². The van der Waals surface area contributed by atoms with Crippen LogP contribution in [0.1, 0.15) is 46.5 Å². The van der Waals surface area contributed by atoms with Crippen LogP contribution in [0, 0.1) is 16.0 Å². The van der Waals surface area contributed by atoms with Gasteiger partial charge in [0.2, 0.25) is 5.82 Å². The maximum atomic E-state index is 11.2. The third kappa shape index (κ3) is 5.17. The molecule has 1 N–H and O–H groups in total. The van der Waals surface area contributed by atoms with Gasteiger partial charge in [0.25, 0.3) is 5.88 Å². The normalized spacial score (nSPS) is 12.0. The fraction of sp³-hybridized carbons (Fsp3) is 0.714. The van der Waals surface area contributed by atoms with Crippen molar-refractivity contribution < 1.29 is 9.66 Å². The quantitative estimate of drug-likeness (QED) is 0.525. The maximum absolute atomic E-state index is 11.2. The summed E-state index contributed by atoms with van der Waals surface area (Å²) < 4.78 is 5.60. The molecule has 0 aliphatic carbocycles. The van der Waals surface area contributed by atoms with E-state index in [0.29, 0.717) is 19.1 Å². The first kappa shape index (κ1) is 17.1. The number of ether oxygens (including phenoxy) is 1. The van der Waals surface area contributed by atoms with E-state index in [1.165, 1.54) is 6.33 Å². The Bertz CT molecular complexity index is 454. The molecule has 0 saturated carbocycles. The SMILES string of the molecule is CCCCC(CC)COc1ncnc(NCC)c1[N+](=O)[O-]. The van der Waals surface area contributed by atoms with Crippen molar-refractivity contribution in [2.75, 3.05) is 18.5 Å². The summed E-state index contributed by atoms with van der Waals surface area (Å²) in [5.41, 5.74) is -0.190. The highest BCUT2D eigenvalue weighted by atomic mass is 16.6. The van der Waals surface area contributed by atoms with Crippen LogP contribution in [0.5, 0.6) is 5.88 Å². The zero-order valence-electron chi connectivity index (χ0n) is 13.0. The number of nitro groups is 1. The predicted molar refractivity (Wildman–Crippen MR) is 81.7 cm³/mol. The Morgan fingerprint density at radius 3 is 2.71 bits per heavy atom. The molecule has 0 amide bonds. The maximum Gasteiger partial charge on any atom is 0.372 e. The average molecular weight is 296 g/mol. The van der Waals surface area contributed by atoms with Gasteiger partial charge in [0.05, 0.1) is 11.5 Å². The highest BCUT2D eigenvalue weighted by Crippen LogP contribution is 2.31. The van der Waals surface area contributed by atoms with Gasteiger partial charge >= 0.3 is 5.69 Å². The van der Waals surface area contributed by atoms with Crippen LogP contribution >= 0.6 is 0 Å². The van der Waals surface area contributed by atoms with E-state index >= 15 is 0 Å². The van der Waals surface area contributed by atoms with E-state index in [4.69, 9.17) is 4.74 Å². The van der Waals surface area contributed by atoms with E-state index in [1.54, 1.807) is 0 Å². The van der Waals surface area contributed by atoms with Crippen molar-refractivity contribution in [3.8, 4) is 5.88 Å². The summed E-state index contributed by atoms with van der Waals surface area (Å²) in [5.74, 6) is 0.636. The van der Waals surface area contributed by atoms with E-state index in [0.717, 1.165) is 25.7 Å². The fourth-order valence-corrected chi connectivity index (χ4v) is 2.02. The van der Waals surface area contributed by atoms with Crippen LogP contribution in [0.2, 0.25) is 0 Å². The average Bonchev–Trinajstić information content (AvgIpc) is 2.47. The van der Waals surface area contributed by atoms with Crippen LogP contribution < -0.4 is 10.1 Å². The Balaban J connectivity index is 2.82. The molecule has 0 aliphatic heterocycles. The van der Waals surface area contributed by atoms with Crippen molar-refractivity contribution in [3.63, 3.8) is 0 Å². The number of rotatable bonds is 10. The first-order valence-electron chi connectivity index (χ1n) is 7.49. The zero-order valence-corrected chi connectivity index (χ0v) is 13.0. The van der Waals surface area contributed by atoms with Gasteiger partial charge in [0.15, 0.2) is 0 Å². The van der Waals surface area contributed by atoms with Crippen LogP contribution in [0.3, 0.4) is 0 Å². The highest BCUT2D eigenvalue weighted by molar-refractivity contribution is 5.60. The molecule has 1 aromatic heterocycles. The standard InChI is InChI=1S/C14H24N4O3/c1-4-7-8-11(5-2)9-21-14-12(18(19)20)13(15-6-3)16-10-17-14/h10-11H,4-9H2,1-3H3,(H,15,16,17). The largest absolute Gasteiger partial charge is 0.472 e. The number of nitrogens with zero attached hydrogens (tertiary/aromatic N) is 3. The summed E-state index contributed by atoms with van der Waals surface area (Å²) in [7, 11) is 0. The minimum atomic E-state index is -0.500. The second kappa shape index (κ2) is 9.10. The molecule has 0 aromatic carbocycles. The Morgan fingerprint density at radius 2 is 2.14 bits per heavy atom. The van der Waals surface area contributed by atoms with Gasteiger partial charge in [-0.25, -0.2) is 4.98 Å². The summed E-state index contributed by atoms with van der Waals surface area (Å²) >= 11 is 0. The van der Waals surface area contributed by atoms with Gasteiger partial charge in [-0.05, 0) is 19.3 Å². The van der Waals surface area contributed by atoms with Gasteiger partial charge in [-0.2, -0.15) is 4.98 Å². The highest BCUT2D eigenvalue weighted by Gasteiger charge is 2.24. The fourth-order valence-electron chi connectivity index (χ4n) is 2.02. The molecule has 0 saturated heterocycles. The van der Waals surface area contributed by atoms with Gasteiger partial charge in [0.1, 0.15) is 6.33 Å². The van der Waals surface area contributed by atoms with E-state index < -0.39 is 4.92 Å². The molecule has 1 aromatic rings. The number of nitrogens with one attached hydrogen (secondary N) is 1. The minimum absolute atomic E-state index is 0.0425. The number of hydrogen-bond acceptors (Lipinski definition) is 6. The molecule has 21 heavy (non-hydrogen) atoms. The Labute approximate surface area is 125 Å². The molecule has 7 nitrogen and oxygen atoms in total. The third-order valence-corrected chi connectivity index (χ3v) is 3.31.